The Bertz CT molecular complexity index is 654. The number of nitrogens with one attached hydrogen (secondary N) is 2. The van der Waals surface area contributed by atoms with Gasteiger partial charge in [-0.3, -0.25) is 10.1 Å². The first-order valence-corrected chi connectivity index (χ1v) is 7.22. The van der Waals surface area contributed by atoms with Crippen molar-refractivity contribution in [2.24, 2.45) is 0 Å². The van der Waals surface area contributed by atoms with Gasteiger partial charge in [0, 0.05) is 31.8 Å². The van der Waals surface area contributed by atoms with Gasteiger partial charge in [0.05, 0.1) is 16.0 Å². The van der Waals surface area contributed by atoms with Crippen LogP contribution in [0.25, 0.3) is 11.0 Å². The molecule has 0 spiro atoms. The van der Waals surface area contributed by atoms with Gasteiger partial charge in [-0.15, -0.1) is 12.4 Å². The molecule has 0 radical (unpaired) electrons. The number of imidazole rings is 1. The van der Waals surface area contributed by atoms with Gasteiger partial charge < -0.3 is 15.2 Å². The number of fused-ring (bicyclic) bond motifs is 1. The summed E-state index contributed by atoms with van der Waals surface area (Å²) in [5.74, 6) is 0.748. The minimum Gasteiger partial charge on any atom is -0.344 e. The molecular formula is C14H20ClN5O2. The van der Waals surface area contributed by atoms with E-state index in [-0.39, 0.29) is 18.1 Å². The highest BCUT2D eigenvalue weighted by Gasteiger charge is 2.17. The molecule has 2 aromatic rings. The van der Waals surface area contributed by atoms with Gasteiger partial charge in [0.1, 0.15) is 0 Å². The van der Waals surface area contributed by atoms with Crippen molar-refractivity contribution in [1.82, 2.24) is 15.3 Å². The Balaban J connectivity index is 0.00000176. The van der Waals surface area contributed by atoms with Crippen molar-refractivity contribution in [3.63, 3.8) is 0 Å². The summed E-state index contributed by atoms with van der Waals surface area (Å²) in [5, 5.41) is 14.3. The maximum atomic E-state index is 10.8. The molecule has 1 fully saturated rings. The molecule has 8 heteroatoms. The van der Waals surface area contributed by atoms with Crippen molar-refractivity contribution in [2.75, 3.05) is 25.0 Å². The van der Waals surface area contributed by atoms with Crippen molar-refractivity contribution in [2.45, 2.75) is 25.3 Å². The number of halogens is 1. The summed E-state index contributed by atoms with van der Waals surface area (Å²) < 4.78 is 0. The van der Waals surface area contributed by atoms with Gasteiger partial charge in [0.15, 0.2) is 0 Å². The average Bonchev–Trinajstić information content (AvgIpc) is 2.91. The number of aromatic nitrogens is 2. The number of piperidine rings is 1. The maximum absolute atomic E-state index is 10.8. The number of non-ortho nitro benzene ring substituents is 1. The molecule has 22 heavy (non-hydrogen) atoms. The Kier molecular flexibility index (Phi) is 5.20. The second-order valence-electron chi connectivity index (χ2n) is 5.55. The Hall–Kier alpha value is -1.86. The highest BCUT2D eigenvalue weighted by Crippen LogP contribution is 2.22. The topological polar surface area (TPSA) is 87.1 Å². The van der Waals surface area contributed by atoms with E-state index in [0.29, 0.717) is 11.6 Å². The first kappa shape index (κ1) is 16.5. The fourth-order valence-electron chi connectivity index (χ4n) is 2.78. The van der Waals surface area contributed by atoms with Gasteiger partial charge in [-0.1, -0.05) is 6.42 Å². The van der Waals surface area contributed by atoms with Crippen molar-refractivity contribution < 1.29 is 4.92 Å². The van der Waals surface area contributed by atoms with Crippen molar-refractivity contribution in [3.05, 3.63) is 28.3 Å². The summed E-state index contributed by atoms with van der Waals surface area (Å²) in [7, 11) is 1.99. The smallest absolute Gasteiger partial charge is 0.271 e. The maximum Gasteiger partial charge on any atom is 0.271 e. The van der Waals surface area contributed by atoms with E-state index in [4.69, 9.17) is 0 Å². The predicted octanol–water partition coefficient (Wildman–Crippen LogP) is 2.47. The molecular weight excluding hydrogens is 306 g/mol. The van der Waals surface area contributed by atoms with E-state index in [9.17, 15) is 10.1 Å². The molecule has 0 aliphatic carbocycles. The van der Waals surface area contributed by atoms with Crippen LogP contribution in [-0.4, -0.2) is 41.1 Å². The summed E-state index contributed by atoms with van der Waals surface area (Å²) in [5.41, 5.74) is 1.52. The Morgan fingerprint density at radius 3 is 2.95 bits per heavy atom. The van der Waals surface area contributed by atoms with Gasteiger partial charge in [-0.05, 0) is 25.5 Å². The molecule has 1 aromatic heterocycles. The van der Waals surface area contributed by atoms with Crippen LogP contribution in [0.3, 0.4) is 0 Å². The molecule has 1 aliphatic rings. The van der Waals surface area contributed by atoms with Gasteiger partial charge >= 0.3 is 0 Å². The lowest BCUT2D eigenvalue weighted by atomic mass is 10.1. The van der Waals surface area contributed by atoms with Gasteiger partial charge in [0.25, 0.3) is 5.69 Å². The second kappa shape index (κ2) is 6.93. The zero-order valence-corrected chi connectivity index (χ0v) is 13.2. The molecule has 3 rings (SSSR count). The Labute approximate surface area is 134 Å². The number of nitro groups is 1. The highest BCUT2D eigenvalue weighted by molar-refractivity contribution is 5.85. The van der Waals surface area contributed by atoms with E-state index in [1.54, 1.807) is 6.07 Å². The van der Waals surface area contributed by atoms with Crippen molar-refractivity contribution in [1.29, 1.82) is 0 Å². The van der Waals surface area contributed by atoms with E-state index in [1.165, 1.54) is 31.4 Å². The molecule has 1 atom stereocenters. The molecule has 0 amide bonds. The van der Waals surface area contributed by atoms with Crippen LogP contribution in [0.4, 0.5) is 11.6 Å². The lowest BCUT2D eigenvalue weighted by molar-refractivity contribution is -0.384. The normalized spacial score (nSPS) is 18.0. The van der Waals surface area contributed by atoms with Crippen LogP contribution in [0.2, 0.25) is 0 Å². The van der Waals surface area contributed by atoms with Crippen LogP contribution >= 0.6 is 12.4 Å². The number of nitro benzene ring substituents is 1. The number of rotatable bonds is 4. The SMILES string of the molecule is CN(CC1CCCCN1)c1nc2ccc([N+](=O)[O-])cc2[nH]1.Cl. The average molecular weight is 326 g/mol. The van der Waals surface area contributed by atoms with Crippen LogP contribution in [0.5, 0.6) is 0 Å². The third-order valence-electron chi connectivity index (χ3n) is 3.93. The number of likely N-dealkylation sites (N-methyl/N-ethyl adjacent to an activating group) is 1. The summed E-state index contributed by atoms with van der Waals surface area (Å²) in [6, 6.07) is 5.17. The van der Waals surface area contributed by atoms with E-state index in [1.807, 2.05) is 7.05 Å². The standard InChI is InChI=1S/C14H19N5O2.ClH/c1-18(9-10-4-2-3-7-15-10)14-16-12-6-5-11(19(20)21)8-13(12)17-14;/h5-6,8,10,15H,2-4,7,9H2,1H3,(H,16,17);1H. The molecule has 1 saturated heterocycles. The van der Waals surface area contributed by atoms with Crippen LogP contribution in [0.1, 0.15) is 19.3 Å². The van der Waals surface area contributed by atoms with E-state index in [2.05, 4.69) is 20.2 Å². The number of aromatic amines is 1. The fourth-order valence-corrected chi connectivity index (χ4v) is 2.78. The first-order chi connectivity index (χ1) is 10.1. The zero-order chi connectivity index (χ0) is 14.8. The van der Waals surface area contributed by atoms with Gasteiger partial charge in [-0.25, -0.2) is 4.98 Å². The fraction of sp³-hybridized carbons (Fsp3) is 0.500. The van der Waals surface area contributed by atoms with Crippen LogP contribution in [0, 0.1) is 10.1 Å². The number of H-pyrrole nitrogens is 1. The van der Waals surface area contributed by atoms with Crippen LogP contribution in [-0.2, 0) is 0 Å². The largest absolute Gasteiger partial charge is 0.344 e. The highest BCUT2D eigenvalue weighted by atomic mass is 35.5. The van der Waals surface area contributed by atoms with Crippen LogP contribution < -0.4 is 10.2 Å². The predicted molar refractivity (Wildman–Crippen MR) is 88.9 cm³/mol. The van der Waals surface area contributed by atoms with E-state index < -0.39 is 4.92 Å². The molecule has 0 bridgehead atoms. The lowest BCUT2D eigenvalue weighted by Gasteiger charge is -2.27. The third-order valence-corrected chi connectivity index (χ3v) is 3.93. The molecule has 2 heterocycles. The Morgan fingerprint density at radius 1 is 1.45 bits per heavy atom. The number of nitrogens with zero attached hydrogens (tertiary/aromatic N) is 3. The number of benzene rings is 1. The number of hydrogen-bond acceptors (Lipinski definition) is 5. The number of anilines is 1. The van der Waals surface area contributed by atoms with E-state index in [0.717, 1.165) is 24.6 Å². The Morgan fingerprint density at radius 2 is 2.27 bits per heavy atom. The second-order valence-corrected chi connectivity index (χ2v) is 5.55. The summed E-state index contributed by atoms with van der Waals surface area (Å²) in [6.45, 7) is 1.95. The molecule has 7 nitrogen and oxygen atoms in total. The molecule has 0 saturated carbocycles. The molecule has 120 valence electrons. The molecule has 1 unspecified atom stereocenters. The summed E-state index contributed by atoms with van der Waals surface area (Å²) >= 11 is 0. The zero-order valence-electron chi connectivity index (χ0n) is 12.4. The minimum atomic E-state index is -0.393. The molecule has 1 aliphatic heterocycles. The van der Waals surface area contributed by atoms with Gasteiger partial charge in [0.2, 0.25) is 5.95 Å². The minimum absolute atomic E-state index is 0. The van der Waals surface area contributed by atoms with Gasteiger partial charge in [-0.2, -0.15) is 0 Å². The van der Waals surface area contributed by atoms with Crippen molar-refractivity contribution in [3.8, 4) is 0 Å². The molecule has 2 N–H and O–H groups in total. The quantitative estimate of drug-likeness (QED) is 0.666. The van der Waals surface area contributed by atoms with E-state index >= 15 is 0 Å². The lowest BCUT2D eigenvalue weighted by Crippen LogP contribution is -2.42. The number of hydrogen-bond donors (Lipinski definition) is 2. The van der Waals surface area contributed by atoms with Crippen LogP contribution in [0.15, 0.2) is 18.2 Å². The summed E-state index contributed by atoms with van der Waals surface area (Å²) in [6.07, 6.45) is 3.68. The van der Waals surface area contributed by atoms with Crippen molar-refractivity contribution >= 4 is 35.1 Å². The monoisotopic (exact) mass is 325 g/mol. The third kappa shape index (κ3) is 3.48. The molecule has 1 aromatic carbocycles. The summed E-state index contributed by atoms with van der Waals surface area (Å²) in [4.78, 5) is 20.1. The first-order valence-electron chi connectivity index (χ1n) is 7.22.